The molecule has 0 bridgehead atoms. The van der Waals surface area contributed by atoms with Crippen molar-refractivity contribution in [3.63, 3.8) is 0 Å². The van der Waals surface area contributed by atoms with Crippen molar-refractivity contribution in [1.29, 1.82) is 0 Å². The first kappa shape index (κ1) is 30.6. The normalized spacial score (nSPS) is 28.7. The highest BCUT2D eigenvalue weighted by molar-refractivity contribution is 8.03. The van der Waals surface area contributed by atoms with Gasteiger partial charge in [0.1, 0.15) is 25.0 Å². The summed E-state index contributed by atoms with van der Waals surface area (Å²) in [7, 11) is 0. The molecule has 0 aliphatic carbocycles. The number of hydrogen-bond acceptors (Lipinski definition) is 9. The Morgan fingerprint density at radius 2 is 1.88 bits per heavy atom. The van der Waals surface area contributed by atoms with Crippen LogP contribution in [0.4, 0.5) is 4.79 Å². The van der Waals surface area contributed by atoms with Gasteiger partial charge in [0.2, 0.25) is 5.91 Å². The van der Waals surface area contributed by atoms with Crippen molar-refractivity contribution in [2.45, 2.75) is 43.7 Å². The third kappa shape index (κ3) is 6.14. The first-order valence-electron chi connectivity index (χ1n) is 13.7. The number of guanidine groups is 1. The lowest BCUT2D eigenvalue weighted by Gasteiger charge is -2.46. The highest BCUT2D eigenvalue weighted by atomic mass is 32.2. The standard InChI is InChI=1S/C27H38N6O7S/c1-5-11-39-25(37)21-22(15(3)20-19(16(4)34)24(36)33(20)21)41-17-13-18(32(14-17)27(38)40-12-6-2)23(35)30-26(28)31-9-7-29-8-10-31/h5-6,15-20,29,34H,1-2,7-14H2,3-4H3,(H2,28,30,35)/t15-,16-,17+,18+,19-,20-/m1/s1. The number of thioether (sulfide) groups is 1. The minimum absolute atomic E-state index is 0.0266. The molecule has 3 saturated heterocycles. The van der Waals surface area contributed by atoms with Crippen molar-refractivity contribution in [3.05, 3.63) is 35.9 Å². The molecule has 14 heteroatoms. The molecular formula is C27H38N6O7S. The van der Waals surface area contributed by atoms with E-state index in [0.717, 1.165) is 0 Å². The zero-order valence-electron chi connectivity index (χ0n) is 23.4. The van der Waals surface area contributed by atoms with E-state index in [1.807, 2.05) is 11.8 Å². The first-order valence-corrected chi connectivity index (χ1v) is 14.6. The van der Waals surface area contributed by atoms with Crippen LogP contribution in [0.5, 0.6) is 0 Å². The minimum Gasteiger partial charge on any atom is -0.457 e. The molecule has 4 N–H and O–H groups in total. The number of carbonyl (C=O) groups is 4. The number of carbonyl (C=O) groups excluding carboxylic acids is 4. The first-order chi connectivity index (χ1) is 19.6. The maximum atomic E-state index is 13.3. The maximum Gasteiger partial charge on any atom is 0.410 e. The van der Waals surface area contributed by atoms with Gasteiger partial charge in [0, 0.05) is 48.8 Å². The Morgan fingerprint density at radius 3 is 2.51 bits per heavy atom. The fourth-order valence-electron chi connectivity index (χ4n) is 5.74. The van der Waals surface area contributed by atoms with Crippen LogP contribution in [-0.2, 0) is 23.9 Å². The van der Waals surface area contributed by atoms with E-state index in [0.29, 0.717) is 31.1 Å². The topological polar surface area (TPSA) is 167 Å². The third-order valence-corrected chi connectivity index (χ3v) is 9.19. The number of hydrogen-bond donors (Lipinski definition) is 3. The van der Waals surface area contributed by atoms with Crippen molar-refractivity contribution < 1.29 is 33.8 Å². The van der Waals surface area contributed by atoms with Crippen LogP contribution in [0, 0.1) is 11.8 Å². The number of likely N-dealkylation sites (tertiary alicyclic amines) is 1. The summed E-state index contributed by atoms with van der Waals surface area (Å²) in [6.45, 7) is 13.3. The predicted octanol–water partition coefficient (Wildman–Crippen LogP) is 0.0299. The lowest BCUT2D eigenvalue weighted by atomic mass is 9.79. The number of aliphatic imine (C=N–C) groups is 1. The molecule has 0 unspecified atom stereocenters. The van der Waals surface area contributed by atoms with E-state index >= 15 is 0 Å². The smallest absolute Gasteiger partial charge is 0.410 e. The van der Waals surface area contributed by atoms with E-state index in [1.54, 1.807) is 6.92 Å². The number of amides is 3. The van der Waals surface area contributed by atoms with E-state index in [4.69, 9.17) is 15.2 Å². The highest BCUT2D eigenvalue weighted by Gasteiger charge is 2.60. The number of piperazine rings is 1. The Bertz CT molecular complexity index is 1150. The fraction of sp³-hybridized carbons (Fsp3) is 0.593. The molecule has 0 radical (unpaired) electrons. The molecule has 6 atom stereocenters. The number of fused-ring (bicyclic) bond motifs is 1. The molecule has 0 saturated carbocycles. The summed E-state index contributed by atoms with van der Waals surface area (Å²) < 4.78 is 10.6. The second-order valence-electron chi connectivity index (χ2n) is 10.4. The Kier molecular flexibility index (Phi) is 9.76. The Labute approximate surface area is 243 Å². The van der Waals surface area contributed by atoms with Gasteiger partial charge in [-0.2, -0.15) is 4.99 Å². The van der Waals surface area contributed by atoms with Crippen molar-refractivity contribution in [3.8, 4) is 0 Å². The van der Waals surface area contributed by atoms with Crippen LogP contribution in [0.25, 0.3) is 0 Å². The summed E-state index contributed by atoms with van der Waals surface area (Å²) in [5, 5.41) is 13.1. The molecule has 13 nitrogen and oxygen atoms in total. The average Bonchev–Trinajstić information content (AvgIpc) is 3.48. The number of ether oxygens (including phenoxy) is 2. The molecule has 224 valence electrons. The van der Waals surface area contributed by atoms with Gasteiger partial charge >= 0.3 is 12.1 Å². The number of rotatable bonds is 9. The summed E-state index contributed by atoms with van der Waals surface area (Å²) in [6, 6.07) is -1.32. The SMILES string of the molecule is C=CCOC(=O)C1=C(S[C@H]2C[C@@H](C(=O)N=C(N)N3CCNCC3)N(C(=O)OCC=C)C2)[C@H](C)[C@@H]2[C@@H]([C@@H](C)O)C(=O)N12. The van der Waals surface area contributed by atoms with Gasteiger partial charge in [0.15, 0.2) is 5.96 Å². The summed E-state index contributed by atoms with van der Waals surface area (Å²) in [5.74, 6) is -2.40. The molecule has 3 fully saturated rings. The average molecular weight is 591 g/mol. The fourth-order valence-corrected chi connectivity index (χ4v) is 7.26. The molecule has 0 aromatic carbocycles. The monoisotopic (exact) mass is 590 g/mol. The van der Waals surface area contributed by atoms with E-state index in [2.05, 4.69) is 23.5 Å². The lowest BCUT2D eigenvalue weighted by Crippen LogP contribution is -2.63. The minimum atomic E-state index is -0.927. The van der Waals surface area contributed by atoms with Crippen LogP contribution >= 0.6 is 11.8 Å². The Balaban J connectivity index is 1.59. The zero-order chi connectivity index (χ0) is 29.8. The molecule has 4 aliphatic heterocycles. The van der Waals surface area contributed by atoms with Gasteiger partial charge in [-0.3, -0.25) is 14.5 Å². The predicted molar refractivity (Wildman–Crippen MR) is 152 cm³/mol. The third-order valence-electron chi connectivity index (χ3n) is 7.70. The van der Waals surface area contributed by atoms with Gasteiger partial charge in [0.05, 0.1) is 18.1 Å². The van der Waals surface area contributed by atoms with Gasteiger partial charge in [-0.25, -0.2) is 9.59 Å². The molecular weight excluding hydrogens is 552 g/mol. The highest BCUT2D eigenvalue weighted by Crippen LogP contribution is 2.52. The van der Waals surface area contributed by atoms with Gasteiger partial charge in [-0.15, -0.1) is 11.8 Å². The maximum absolute atomic E-state index is 13.3. The summed E-state index contributed by atoms with van der Waals surface area (Å²) in [6.07, 6.45) is 1.53. The molecule has 4 rings (SSSR count). The van der Waals surface area contributed by atoms with E-state index in [1.165, 1.54) is 33.7 Å². The van der Waals surface area contributed by atoms with Crippen LogP contribution < -0.4 is 11.1 Å². The Hall–Kier alpha value is -3.36. The number of aliphatic hydroxyl groups excluding tert-OH is 1. The molecule has 0 spiro atoms. The second-order valence-corrected chi connectivity index (χ2v) is 11.8. The van der Waals surface area contributed by atoms with E-state index in [9.17, 15) is 24.3 Å². The summed E-state index contributed by atoms with van der Waals surface area (Å²) >= 11 is 1.33. The molecule has 4 aliphatic rings. The largest absolute Gasteiger partial charge is 0.457 e. The van der Waals surface area contributed by atoms with Gasteiger partial charge in [-0.05, 0) is 13.3 Å². The quantitative estimate of drug-likeness (QED) is 0.109. The van der Waals surface area contributed by atoms with E-state index in [-0.39, 0.29) is 54.9 Å². The molecule has 0 aromatic rings. The van der Waals surface area contributed by atoms with Gasteiger partial charge in [-0.1, -0.05) is 32.2 Å². The van der Waals surface area contributed by atoms with Crippen LogP contribution in [0.1, 0.15) is 20.3 Å². The Morgan fingerprint density at radius 1 is 1.22 bits per heavy atom. The summed E-state index contributed by atoms with van der Waals surface area (Å²) in [5.41, 5.74) is 6.27. The van der Waals surface area contributed by atoms with Crippen LogP contribution in [0.3, 0.4) is 0 Å². The molecule has 4 heterocycles. The van der Waals surface area contributed by atoms with Crippen LogP contribution in [-0.4, -0.2) is 119 Å². The van der Waals surface area contributed by atoms with Crippen LogP contribution in [0.2, 0.25) is 0 Å². The van der Waals surface area contributed by atoms with Crippen LogP contribution in [0.15, 0.2) is 40.9 Å². The number of nitrogens with one attached hydrogen (secondary N) is 1. The molecule has 3 amide bonds. The zero-order valence-corrected chi connectivity index (χ0v) is 24.2. The van der Waals surface area contributed by atoms with Crippen molar-refractivity contribution in [2.75, 3.05) is 45.9 Å². The number of nitrogens with two attached hydrogens (primary N) is 1. The van der Waals surface area contributed by atoms with Crippen molar-refractivity contribution in [2.24, 2.45) is 22.6 Å². The second kappa shape index (κ2) is 13.1. The van der Waals surface area contributed by atoms with Crippen molar-refractivity contribution in [1.82, 2.24) is 20.0 Å². The van der Waals surface area contributed by atoms with Crippen molar-refractivity contribution >= 4 is 41.6 Å². The van der Waals surface area contributed by atoms with Gasteiger partial charge in [0.25, 0.3) is 5.91 Å². The number of nitrogens with zero attached hydrogens (tertiary/aromatic N) is 4. The number of esters is 1. The number of β-lactam (4-membered cyclic amide) rings is 1. The lowest BCUT2D eigenvalue weighted by molar-refractivity contribution is -0.164. The number of aliphatic hydroxyl groups is 1. The molecule has 0 aromatic heterocycles. The van der Waals surface area contributed by atoms with E-state index < -0.39 is 42.1 Å². The molecule has 41 heavy (non-hydrogen) atoms. The van der Waals surface area contributed by atoms with Gasteiger partial charge < -0.3 is 35.4 Å². The summed E-state index contributed by atoms with van der Waals surface area (Å²) in [4.78, 5) is 61.6.